The maximum absolute atomic E-state index is 2.53. The van der Waals surface area contributed by atoms with Gasteiger partial charge < -0.3 is 0 Å². The molecule has 204 valence electrons. The van der Waals surface area contributed by atoms with Crippen LogP contribution in [0.25, 0.3) is 32.3 Å². The Bertz CT molecular complexity index is 1110. The van der Waals surface area contributed by atoms with E-state index >= 15 is 0 Å². The fourth-order valence-electron chi connectivity index (χ4n) is 6.23. The van der Waals surface area contributed by atoms with Gasteiger partial charge in [0, 0.05) is 0 Å². The number of benzene rings is 4. The van der Waals surface area contributed by atoms with Crippen LogP contribution in [0.3, 0.4) is 0 Å². The van der Waals surface area contributed by atoms with E-state index in [0.717, 1.165) is 0 Å². The Kier molecular flexibility index (Phi) is 11.1. The monoisotopic (exact) mass is 508 g/mol. The molecule has 4 aromatic carbocycles. The van der Waals surface area contributed by atoms with Crippen LogP contribution in [0.2, 0.25) is 0 Å². The van der Waals surface area contributed by atoms with Gasteiger partial charge in [-0.2, -0.15) is 0 Å². The summed E-state index contributed by atoms with van der Waals surface area (Å²) in [5.74, 6) is 0. The smallest absolute Gasteiger partial charge is 0.0171 e. The molecule has 0 unspecified atom stereocenters. The van der Waals surface area contributed by atoms with Crippen molar-refractivity contribution in [3.05, 3.63) is 70.8 Å². The molecule has 0 N–H and O–H groups in total. The van der Waals surface area contributed by atoms with Crippen molar-refractivity contribution in [1.29, 1.82) is 0 Å². The molecule has 0 nitrogen and oxygen atoms in total. The second-order valence-corrected chi connectivity index (χ2v) is 11.8. The van der Waals surface area contributed by atoms with Crippen molar-refractivity contribution in [2.45, 2.75) is 130 Å². The summed E-state index contributed by atoms with van der Waals surface area (Å²) >= 11 is 0. The molecule has 0 radical (unpaired) electrons. The summed E-state index contributed by atoms with van der Waals surface area (Å²) in [6.45, 7) is 9.23. The van der Waals surface area contributed by atoms with Gasteiger partial charge in [0.1, 0.15) is 0 Å². The summed E-state index contributed by atoms with van der Waals surface area (Å²) in [5.41, 5.74) is 6.38. The standard InChI is InChI=1S/C38H52/c1-5-9-13-17-29-21-33-25-37-27-35-23-31(19-15-11-7-3)32(20-16-12-8-4)24-36(35)28-38(37)26-34(33)22-30(29)18-14-10-6-2/h21-28H,5-20H2,1-4H3. The van der Waals surface area contributed by atoms with Crippen molar-refractivity contribution in [3.8, 4) is 0 Å². The molecule has 4 rings (SSSR count). The first-order valence-corrected chi connectivity index (χ1v) is 16.1. The second-order valence-electron chi connectivity index (χ2n) is 11.8. The van der Waals surface area contributed by atoms with Crippen LogP contribution in [0.15, 0.2) is 48.5 Å². The molecule has 0 heterocycles. The molecule has 0 aliphatic heterocycles. The van der Waals surface area contributed by atoms with Gasteiger partial charge in [-0.05, 0) is 130 Å². The molecule has 38 heavy (non-hydrogen) atoms. The van der Waals surface area contributed by atoms with Gasteiger partial charge in [0.25, 0.3) is 0 Å². The van der Waals surface area contributed by atoms with Gasteiger partial charge >= 0.3 is 0 Å². The van der Waals surface area contributed by atoms with Crippen LogP contribution in [-0.4, -0.2) is 0 Å². The van der Waals surface area contributed by atoms with Crippen molar-refractivity contribution in [1.82, 2.24) is 0 Å². The topological polar surface area (TPSA) is 0 Å². The zero-order valence-corrected chi connectivity index (χ0v) is 24.9. The van der Waals surface area contributed by atoms with Crippen LogP contribution >= 0.6 is 0 Å². The molecule has 0 fully saturated rings. The van der Waals surface area contributed by atoms with E-state index in [1.54, 1.807) is 22.3 Å². The summed E-state index contributed by atoms with van der Waals surface area (Å²) in [5, 5.41) is 8.45. The van der Waals surface area contributed by atoms with E-state index in [4.69, 9.17) is 0 Å². The number of aryl methyl sites for hydroxylation is 4. The van der Waals surface area contributed by atoms with Crippen molar-refractivity contribution in [2.24, 2.45) is 0 Å². The number of rotatable bonds is 16. The fraction of sp³-hybridized carbons (Fsp3) is 0.526. The van der Waals surface area contributed by atoms with Gasteiger partial charge in [-0.3, -0.25) is 0 Å². The van der Waals surface area contributed by atoms with Crippen molar-refractivity contribution < 1.29 is 0 Å². The van der Waals surface area contributed by atoms with Gasteiger partial charge in [0.2, 0.25) is 0 Å². The quantitative estimate of drug-likeness (QED) is 0.104. The van der Waals surface area contributed by atoms with Crippen molar-refractivity contribution in [3.63, 3.8) is 0 Å². The minimum atomic E-state index is 1.23. The number of fused-ring (bicyclic) bond motifs is 3. The normalized spacial score (nSPS) is 11.8. The molecule has 0 aromatic heterocycles. The lowest BCUT2D eigenvalue weighted by molar-refractivity contribution is 0.694. The molecule has 0 atom stereocenters. The highest BCUT2D eigenvalue weighted by Crippen LogP contribution is 2.32. The third-order valence-corrected chi connectivity index (χ3v) is 8.59. The Labute approximate surface area is 233 Å². The Balaban J connectivity index is 1.75. The molecule has 0 saturated heterocycles. The zero-order valence-electron chi connectivity index (χ0n) is 24.9. The maximum atomic E-state index is 2.53. The SMILES string of the molecule is CCCCCc1cc2cc3cc4cc(CCCCC)c(CCCCC)cc4cc3cc2cc1CCCCC. The number of hydrogen-bond donors (Lipinski definition) is 0. The minimum Gasteiger partial charge on any atom is -0.0654 e. The second kappa shape index (κ2) is 14.7. The van der Waals surface area contributed by atoms with Crippen LogP contribution in [0, 0.1) is 0 Å². The number of hydrogen-bond acceptors (Lipinski definition) is 0. The molecule has 0 heteroatoms. The van der Waals surface area contributed by atoms with E-state index in [2.05, 4.69) is 76.2 Å². The Morgan fingerprint density at radius 3 is 0.711 bits per heavy atom. The lowest BCUT2D eigenvalue weighted by Crippen LogP contribution is -1.97. The third kappa shape index (κ3) is 7.40. The van der Waals surface area contributed by atoms with Gasteiger partial charge in [-0.25, -0.2) is 0 Å². The van der Waals surface area contributed by atoms with E-state index in [9.17, 15) is 0 Å². The molecule has 4 aromatic rings. The van der Waals surface area contributed by atoms with Crippen LogP contribution < -0.4 is 0 Å². The van der Waals surface area contributed by atoms with Crippen LogP contribution in [0.1, 0.15) is 127 Å². The molecule has 0 saturated carbocycles. The first-order chi connectivity index (χ1) is 18.7. The average Bonchev–Trinajstić information content (AvgIpc) is 2.92. The highest BCUT2D eigenvalue weighted by Gasteiger charge is 2.10. The van der Waals surface area contributed by atoms with E-state index in [1.807, 2.05) is 0 Å². The summed E-state index contributed by atoms with van der Waals surface area (Å²) in [6, 6.07) is 20.0. The summed E-state index contributed by atoms with van der Waals surface area (Å²) in [6.07, 6.45) is 20.6. The first kappa shape index (κ1) is 28.7. The molecule has 0 aliphatic rings. The summed E-state index contributed by atoms with van der Waals surface area (Å²) in [4.78, 5) is 0. The average molecular weight is 509 g/mol. The lowest BCUT2D eigenvalue weighted by Gasteiger charge is -2.15. The number of unbranched alkanes of at least 4 members (excludes halogenated alkanes) is 8. The molecule has 0 spiro atoms. The van der Waals surface area contributed by atoms with Crippen molar-refractivity contribution in [2.75, 3.05) is 0 Å². The zero-order chi connectivity index (χ0) is 26.7. The van der Waals surface area contributed by atoms with Gasteiger partial charge in [-0.15, -0.1) is 0 Å². The van der Waals surface area contributed by atoms with Crippen molar-refractivity contribution >= 4 is 32.3 Å². The lowest BCUT2D eigenvalue weighted by atomic mass is 9.90. The van der Waals surface area contributed by atoms with Crippen LogP contribution in [0.4, 0.5) is 0 Å². The van der Waals surface area contributed by atoms with Gasteiger partial charge in [-0.1, -0.05) is 103 Å². The predicted octanol–water partition coefficient (Wildman–Crippen LogP) is 12.1. The van der Waals surface area contributed by atoms with E-state index in [-0.39, 0.29) is 0 Å². The van der Waals surface area contributed by atoms with Gasteiger partial charge in [0.15, 0.2) is 0 Å². The van der Waals surface area contributed by atoms with E-state index < -0.39 is 0 Å². The summed E-state index contributed by atoms with van der Waals surface area (Å²) in [7, 11) is 0. The molecule has 0 amide bonds. The van der Waals surface area contributed by atoms with Gasteiger partial charge in [0.05, 0.1) is 0 Å². The highest BCUT2D eigenvalue weighted by atomic mass is 14.1. The minimum absolute atomic E-state index is 1.23. The molecule has 0 aliphatic carbocycles. The molecule has 0 bridgehead atoms. The first-order valence-electron chi connectivity index (χ1n) is 16.1. The fourth-order valence-corrected chi connectivity index (χ4v) is 6.23. The van der Waals surface area contributed by atoms with Crippen LogP contribution in [-0.2, 0) is 25.7 Å². The van der Waals surface area contributed by atoms with E-state index in [1.165, 1.54) is 135 Å². The Morgan fingerprint density at radius 1 is 0.289 bits per heavy atom. The molecular formula is C38H52. The Morgan fingerprint density at radius 2 is 0.500 bits per heavy atom. The van der Waals surface area contributed by atoms with Crippen LogP contribution in [0.5, 0.6) is 0 Å². The van der Waals surface area contributed by atoms with E-state index in [0.29, 0.717) is 0 Å². The third-order valence-electron chi connectivity index (χ3n) is 8.59. The summed E-state index contributed by atoms with van der Waals surface area (Å²) < 4.78 is 0. The molecular weight excluding hydrogens is 456 g/mol. The maximum Gasteiger partial charge on any atom is -0.0171 e. The predicted molar refractivity (Wildman–Crippen MR) is 172 cm³/mol. The Hall–Kier alpha value is -2.34. The largest absolute Gasteiger partial charge is 0.0654 e. The highest BCUT2D eigenvalue weighted by molar-refractivity contribution is 6.05.